The van der Waals surface area contributed by atoms with Gasteiger partial charge in [-0.2, -0.15) is 0 Å². The number of nitrogens with two attached hydrogens (primary N) is 1. The molecule has 0 aliphatic carbocycles. The lowest BCUT2D eigenvalue weighted by molar-refractivity contribution is -0.136. The number of fused-ring (bicyclic) bond motifs is 1. The number of aliphatic hydroxyl groups excluding tert-OH is 1. The highest BCUT2D eigenvalue weighted by atomic mass is 16.5. The highest BCUT2D eigenvalue weighted by Crippen LogP contribution is 2.31. The maximum atomic E-state index is 11.1. The SMILES string of the molecule is NC(CO)c1cccc(-c2cc(COc3ccccc3CC(=O)O)cc3ocnc23)c1. The average molecular weight is 418 g/mol. The van der Waals surface area contributed by atoms with Crippen LogP contribution in [0.3, 0.4) is 0 Å². The van der Waals surface area contributed by atoms with E-state index in [1.807, 2.05) is 42.5 Å². The Balaban J connectivity index is 1.67. The molecule has 0 bridgehead atoms. The van der Waals surface area contributed by atoms with E-state index in [0.29, 0.717) is 22.4 Å². The number of carboxylic acids is 1. The topological polar surface area (TPSA) is 119 Å². The monoisotopic (exact) mass is 418 g/mol. The van der Waals surface area contributed by atoms with E-state index in [1.54, 1.807) is 18.2 Å². The molecule has 1 aromatic heterocycles. The highest BCUT2D eigenvalue weighted by molar-refractivity contribution is 5.91. The number of aliphatic carboxylic acids is 1. The maximum Gasteiger partial charge on any atom is 0.307 e. The summed E-state index contributed by atoms with van der Waals surface area (Å²) in [6.45, 7) is 0.0859. The Morgan fingerprint density at radius 3 is 2.77 bits per heavy atom. The number of benzene rings is 3. The van der Waals surface area contributed by atoms with Crippen molar-refractivity contribution in [2.75, 3.05) is 6.61 Å². The molecule has 4 rings (SSSR count). The second-order valence-corrected chi connectivity index (χ2v) is 7.22. The molecule has 158 valence electrons. The first-order valence-corrected chi connectivity index (χ1v) is 9.80. The number of aromatic nitrogens is 1. The molecule has 0 spiro atoms. The van der Waals surface area contributed by atoms with Crippen LogP contribution in [-0.2, 0) is 17.8 Å². The minimum atomic E-state index is -0.914. The molecule has 3 aromatic carbocycles. The summed E-state index contributed by atoms with van der Waals surface area (Å²) in [5.41, 5.74) is 11.3. The summed E-state index contributed by atoms with van der Waals surface area (Å²) in [6, 6.07) is 18.1. The molecular formula is C24H22N2O5. The zero-order valence-corrected chi connectivity index (χ0v) is 16.7. The third-order valence-corrected chi connectivity index (χ3v) is 5.03. The van der Waals surface area contributed by atoms with E-state index in [9.17, 15) is 9.90 Å². The Bertz CT molecular complexity index is 1220. The van der Waals surface area contributed by atoms with Crippen LogP contribution >= 0.6 is 0 Å². The lowest BCUT2D eigenvalue weighted by Gasteiger charge is -2.13. The Hall–Kier alpha value is -3.68. The molecular weight excluding hydrogens is 396 g/mol. The summed E-state index contributed by atoms with van der Waals surface area (Å²) in [5, 5.41) is 18.5. The van der Waals surface area contributed by atoms with Gasteiger partial charge >= 0.3 is 5.97 Å². The number of oxazole rings is 1. The third kappa shape index (κ3) is 4.58. The largest absolute Gasteiger partial charge is 0.489 e. The predicted molar refractivity (Wildman–Crippen MR) is 116 cm³/mol. The van der Waals surface area contributed by atoms with Crippen LogP contribution < -0.4 is 10.5 Å². The van der Waals surface area contributed by atoms with Crippen LogP contribution in [0, 0.1) is 0 Å². The van der Waals surface area contributed by atoms with Gasteiger partial charge in [-0.25, -0.2) is 4.98 Å². The summed E-state index contributed by atoms with van der Waals surface area (Å²) in [5.74, 6) is -0.387. The first-order chi connectivity index (χ1) is 15.0. The van der Waals surface area contributed by atoms with Crippen LogP contribution in [0.4, 0.5) is 0 Å². The van der Waals surface area contributed by atoms with Gasteiger partial charge in [0, 0.05) is 11.1 Å². The lowest BCUT2D eigenvalue weighted by atomic mass is 9.97. The second-order valence-electron chi connectivity index (χ2n) is 7.22. The molecule has 1 unspecified atom stereocenters. The van der Waals surface area contributed by atoms with Crippen molar-refractivity contribution in [3.8, 4) is 16.9 Å². The molecule has 31 heavy (non-hydrogen) atoms. The van der Waals surface area contributed by atoms with Gasteiger partial charge in [-0.15, -0.1) is 0 Å². The van der Waals surface area contributed by atoms with Gasteiger partial charge in [-0.1, -0.05) is 36.4 Å². The molecule has 0 fully saturated rings. The van der Waals surface area contributed by atoms with Crippen LogP contribution in [0.1, 0.15) is 22.7 Å². The van der Waals surface area contributed by atoms with Crippen LogP contribution in [-0.4, -0.2) is 27.8 Å². The molecule has 7 heteroatoms. The number of ether oxygens (including phenoxy) is 1. The van der Waals surface area contributed by atoms with E-state index in [4.69, 9.17) is 20.0 Å². The molecule has 1 atom stereocenters. The molecule has 0 saturated carbocycles. The number of para-hydroxylation sites is 1. The molecule has 0 aliphatic heterocycles. The Kier molecular flexibility index (Phi) is 5.97. The first-order valence-electron chi connectivity index (χ1n) is 9.80. The van der Waals surface area contributed by atoms with E-state index in [-0.39, 0.29) is 19.6 Å². The van der Waals surface area contributed by atoms with Gasteiger partial charge in [-0.05, 0) is 41.0 Å². The van der Waals surface area contributed by atoms with Gasteiger partial charge in [0.25, 0.3) is 0 Å². The van der Waals surface area contributed by atoms with Crippen LogP contribution in [0.15, 0.2) is 71.5 Å². The van der Waals surface area contributed by atoms with Gasteiger partial charge in [0.2, 0.25) is 0 Å². The standard InChI is InChI=1S/C24H22N2O5/c25-20(12-27)17-6-3-5-16(10-17)19-8-15(9-22-24(19)26-14-31-22)13-30-21-7-2-1-4-18(21)11-23(28)29/h1-10,14,20,27H,11-13,25H2,(H,28,29). The van der Waals surface area contributed by atoms with Crippen molar-refractivity contribution in [3.63, 3.8) is 0 Å². The summed E-state index contributed by atoms with van der Waals surface area (Å²) in [6.07, 6.45) is 1.28. The van der Waals surface area contributed by atoms with Crippen molar-refractivity contribution in [2.45, 2.75) is 19.1 Å². The zero-order valence-electron chi connectivity index (χ0n) is 16.7. The summed E-state index contributed by atoms with van der Waals surface area (Å²) >= 11 is 0. The third-order valence-electron chi connectivity index (χ3n) is 5.03. The van der Waals surface area contributed by atoms with Crippen molar-refractivity contribution in [3.05, 3.63) is 83.7 Å². The maximum absolute atomic E-state index is 11.1. The van der Waals surface area contributed by atoms with Crippen molar-refractivity contribution in [1.29, 1.82) is 0 Å². The summed E-state index contributed by atoms with van der Waals surface area (Å²) in [7, 11) is 0. The van der Waals surface area contributed by atoms with Crippen LogP contribution in [0.25, 0.3) is 22.2 Å². The normalized spacial score (nSPS) is 12.1. The fourth-order valence-electron chi connectivity index (χ4n) is 3.48. The number of hydrogen-bond acceptors (Lipinski definition) is 6. The second kappa shape index (κ2) is 8.99. The molecule has 0 radical (unpaired) electrons. The van der Waals surface area contributed by atoms with Crippen LogP contribution in [0.5, 0.6) is 5.75 Å². The quantitative estimate of drug-likeness (QED) is 0.399. The predicted octanol–water partition coefficient (Wildman–Crippen LogP) is 3.69. The van der Waals surface area contributed by atoms with Gasteiger partial charge < -0.3 is 25.1 Å². The molecule has 0 amide bonds. The number of carbonyl (C=O) groups is 1. The van der Waals surface area contributed by atoms with Crippen molar-refractivity contribution >= 4 is 17.1 Å². The van der Waals surface area contributed by atoms with Gasteiger partial charge in [0.15, 0.2) is 12.0 Å². The van der Waals surface area contributed by atoms with Gasteiger partial charge in [0.1, 0.15) is 17.9 Å². The lowest BCUT2D eigenvalue weighted by Crippen LogP contribution is -2.14. The minimum absolute atomic E-state index is 0.111. The van der Waals surface area contributed by atoms with Crippen molar-refractivity contribution in [1.82, 2.24) is 4.98 Å². The summed E-state index contributed by atoms with van der Waals surface area (Å²) in [4.78, 5) is 15.5. The van der Waals surface area contributed by atoms with E-state index >= 15 is 0 Å². The van der Waals surface area contributed by atoms with Crippen molar-refractivity contribution < 1.29 is 24.2 Å². The van der Waals surface area contributed by atoms with E-state index in [2.05, 4.69) is 4.98 Å². The van der Waals surface area contributed by atoms with E-state index < -0.39 is 12.0 Å². The first kappa shape index (κ1) is 20.6. The smallest absolute Gasteiger partial charge is 0.307 e. The number of rotatable bonds is 8. The van der Waals surface area contributed by atoms with Crippen molar-refractivity contribution in [2.24, 2.45) is 5.73 Å². The minimum Gasteiger partial charge on any atom is -0.489 e. The molecule has 4 aromatic rings. The number of hydrogen-bond donors (Lipinski definition) is 3. The Morgan fingerprint density at radius 1 is 1.13 bits per heavy atom. The fraction of sp³-hybridized carbons (Fsp3) is 0.167. The van der Waals surface area contributed by atoms with E-state index in [1.165, 1.54) is 6.39 Å². The Morgan fingerprint density at radius 2 is 1.97 bits per heavy atom. The zero-order chi connectivity index (χ0) is 21.8. The summed E-state index contributed by atoms with van der Waals surface area (Å²) < 4.78 is 11.5. The Labute approximate surface area is 178 Å². The number of aliphatic hydroxyl groups is 1. The number of carboxylic acid groups (broad SMARTS) is 1. The average Bonchev–Trinajstić information content (AvgIpc) is 3.26. The highest BCUT2D eigenvalue weighted by Gasteiger charge is 2.14. The number of nitrogens with zero attached hydrogens (tertiary/aromatic N) is 1. The molecule has 1 heterocycles. The fourth-order valence-corrected chi connectivity index (χ4v) is 3.48. The molecule has 4 N–H and O–H groups in total. The van der Waals surface area contributed by atoms with Crippen LogP contribution in [0.2, 0.25) is 0 Å². The van der Waals surface area contributed by atoms with Gasteiger partial charge in [0.05, 0.1) is 19.1 Å². The van der Waals surface area contributed by atoms with Gasteiger partial charge in [-0.3, -0.25) is 4.79 Å². The molecule has 7 nitrogen and oxygen atoms in total. The molecule has 0 aliphatic rings. The van der Waals surface area contributed by atoms with E-state index in [0.717, 1.165) is 22.3 Å². The molecule has 0 saturated heterocycles.